The molecule has 0 spiro atoms. The molecule has 6 heteroatoms. The van der Waals surface area contributed by atoms with Gasteiger partial charge in [0.05, 0.1) is 23.1 Å². The molecule has 2 atom stereocenters. The van der Waals surface area contributed by atoms with Crippen LogP contribution in [0.2, 0.25) is 5.02 Å². The van der Waals surface area contributed by atoms with Crippen molar-refractivity contribution in [3.05, 3.63) is 34.9 Å². The number of nitrogens with zero attached hydrogens (tertiary/aromatic N) is 1. The molecule has 2 unspecified atom stereocenters. The molecule has 2 aliphatic rings. The minimum atomic E-state index is -3.01. The maximum absolute atomic E-state index is 11.5. The van der Waals surface area contributed by atoms with Gasteiger partial charge in [0.1, 0.15) is 0 Å². The van der Waals surface area contributed by atoms with E-state index in [9.17, 15) is 8.42 Å². The number of rotatable bonds is 1. The summed E-state index contributed by atoms with van der Waals surface area (Å²) in [5.74, 6) is -0.0310. The Hall–Kier alpha value is -1.07. The molecule has 1 fully saturated rings. The number of benzene rings is 1. The van der Waals surface area contributed by atoms with Crippen LogP contribution in [0, 0.1) is 5.92 Å². The summed E-state index contributed by atoms with van der Waals surface area (Å²) < 4.78 is 23.1. The number of hydrogen-bond acceptors (Lipinski definition) is 4. The van der Waals surface area contributed by atoms with Gasteiger partial charge in [0, 0.05) is 10.6 Å². The van der Waals surface area contributed by atoms with Crippen molar-refractivity contribution in [1.82, 2.24) is 0 Å². The highest BCUT2D eigenvalue weighted by Gasteiger charge is 2.46. The van der Waals surface area contributed by atoms with Crippen molar-refractivity contribution in [2.45, 2.75) is 6.10 Å². The Morgan fingerprint density at radius 2 is 2.06 bits per heavy atom. The summed E-state index contributed by atoms with van der Waals surface area (Å²) in [7, 11) is -3.01. The molecule has 90 valence electrons. The fraction of sp³-hybridized carbons (Fsp3) is 0.364. The summed E-state index contributed by atoms with van der Waals surface area (Å²) in [4.78, 5) is 5.18. The summed E-state index contributed by atoms with van der Waals surface area (Å²) in [6, 6.07) is 7.26. The highest BCUT2D eigenvalue weighted by molar-refractivity contribution is 7.91. The third-order valence-corrected chi connectivity index (χ3v) is 5.12. The molecule has 4 nitrogen and oxygen atoms in total. The molecule has 0 bridgehead atoms. The molecule has 17 heavy (non-hydrogen) atoms. The smallest absolute Gasteiger partial charge is 0.154 e. The van der Waals surface area contributed by atoms with Crippen LogP contribution in [0.25, 0.3) is 0 Å². The second-order valence-corrected chi connectivity index (χ2v) is 6.84. The van der Waals surface area contributed by atoms with E-state index in [4.69, 9.17) is 16.4 Å². The first kappa shape index (κ1) is 11.0. The van der Waals surface area contributed by atoms with E-state index in [2.05, 4.69) is 5.16 Å². The molecular weight excluding hydrogens is 262 g/mol. The van der Waals surface area contributed by atoms with Crippen LogP contribution < -0.4 is 0 Å². The Morgan fingerprint density at radius 1 is 1.29 bits per heavy atom. The lowest BCUT2D eigenvalue weighted by Gasteiger charge is -2.08. The fourth-order valence-corrected chi connectivity index (χ4v) is 4.37. The molecule has 0 aliphatic carbocycles. The second kappa shape index (κ2) is 3.71. The van der Waals surface area contributed by atoms with E-state index >= 15 is 0 Å². The molecule has 0 N–H and O–H groups in total. The van der Waals surface area contributed by atoms with Crippen molar-refractivity contribution in [3.8, 4) is 0 Å². The summed E-state index contributed by atoms with van der Waals surface area (Å²) >= 11 is 6.08. The van der Waals surface area contributed by atoms with Gasteiger partial charge in [-0.2, -0.15) is 0 Å². The van der Waals surface area contributed by atoms with E-state index in [1.54, 1.807) is 6.07 Å². The summed E-state index contributed by atoms with van der Waals surface area (Å²) in [5.41, 5.74) is 1.42. The van der Waals surface area contributed by atoms with Crippen molar-refractivity contribution in [2.75, 3.05) is 11.5 Å². The first-order valence-corrected chi connectivity index (χ1v) is 7.46. The van der Waals surface area contributed by atoms with Crippen molar-refractivity contribution >= 4 is 27.1 Å². The van der Waals surface area contributed by atoms with Crippen molar-refractivity contribution < 1.29 is 13.3 Å². The molecule has 0 radical (unpaired) electrons. The lowest BCUT2D eigenvalue weighted by Crippen LogP contribution is -2.21. The molecule has 0 saturated carbocycles. The maximum atomic E-state index is 11.5. The Bertz CT molecular complexity index is 596. The van der Waals surface area contributed by atoms with Crippen molar-refractivity contribution in [3.63, 3.8) is 0 Å². The number of halogens is 1. The van der Waals surface area contributed by atoms with Crippen molar-refractivity contribution in [1.29, 1.82) is 0 Å². The zero-order valence-electron chi connectivity index (χ0n) is 8.84. The first-order valence-electron chi connectivity index (χ1n) is 5.26. The largest absolute Gasteiger partial charge is 0.390 e. The molecule has 0 aromatic heterocycles. The first-order chi connectivity index (χ1) is 8.07. The Morgan fingerprint density at radius 3 is 2.82 bits per heavy atom. The van der Waals surface area contributed by atoms with E-state index in [-0.39, 0.29) is 23.5 Å². The number of oxime groups is 1. The lowest BCUT2D eigenvalue weighted by molar-refractivity contribution is 0.0882. The third kappa shape index (κ3) is 1.83. The molecule has 1 saturated heterocycles. The van der Waals surface area contributed by atoms with Crippen LogP contribution in [0.5, 0.6) is 0 Å². The van der Waals surface area contributed by atoms with Gasteiger partial charge in [-0.25, -0.2) is 8.42 Å². The second-order valence-electron chi connectivity index (χ2n) is 4.28. The van der Waals surface area contributed by atoms with Crippen LogP contribution in [0.1, 0.15) is 5.56 Å². The topological polar surface area (TPSA) is 55.7 Å². The number of hydrogen-bond donors (Lipinski definition) is 0. The lowest BCUT2D eigenvalue weighted by atomic mass is 9.95. The minimum absolute atomic E-state index is 0.0507. The minimum Gasteiger partial charge on any atom is -0.390 e. The quantitative estimate of drug-likeness (QED) is 0.778. The highest BCUT2D eigenvalue weighted by Crippen LogP contribution is 2.33. The molecule has 3 rings (SSSR count). The zero-order valence-corrected chi connectivity index (χ0v) is 10.4. The number of fused-ring (bicyclic) bond motifs is 1. The van der Waals surface area contributed by atoms with Crippen LogP contribution in [0.3, 0.4) is 0 Å². The Balaban J connectivity index is 1.99. The Kier molecular flexibility index (Phi) is 2.41. The molecule has 1 aromatic carbocycles. The van der Waals surface area contributed by atoms with Gasteiger partial charge in [0.25, 0.3) is 0 Å². The zero-order chi connectivity index (χ0) is 12.0. The van der Waals surface area contributed by atoms with Crippen LogP contribution in [0.15, 0.2) is 29.4 Å². The summed E-state index contributed by atoms with van der Waals surface area (Å²) in [6.07, 6.45) is -0.341. The van der Waals surface area contributed by atoms with Gasteiger partial charge in [0.2, 0.25) is 0 Å². The fourth-order valence-electron chi connectivity index (χ4n) is 2.28. The van der Waals surface area contributed by atoms with Gasteiger partial charge >= 0.3 is 0 Å². The van der Waals surface area contributed by atoms with E-state index in [1.165, 1.54) is 0 Å². The molecule has 0 amide bonds. The van der Waals surface area contributed by atoms with Gasteiger partial charge in [-0.15, -0.1) is 0 Å². The summed E-state index contributed by atoms with van der Waals surface area (Å²) in [6.45, 7) is 0. The van der Waals surface area contributed by atoms with E-state index in [0.29, 0.717) is 10.7 Å². The van der Waals surface area contributed by atoms with Gasteiger partial charge in [0.15, 0.2) is 15.9 Å². The van der Waals surface area contributed by atoms with Crippen molar-refractivity contribution in [2.24, 2.45) is 11.1 Å². The van der Waals surface area contributed by atoms with Crippen LogP contribution in [-0.2, 0) is 14.7 Å². The standard InChI is InChI=1S/C11H10ClNO3S/c12-9-4-2-1-3-7(9)11-8-5-17(14,15)6-10(8)16-13-11/h1-4,8,10H,5-6H2. The van der Waals surface area contributed by atoms with Gasteiger partial charge in [-0.1, -0.05) is 35.0 Å². The highest BCUT2D eigenvalue weighted by atomic mass is 35.5. The monoisotopic (exact) mass is 271 g/mol. The predicted octanol–water partition coefficient (Wildman–Crippen LogP) is 1.49. The van der Waals surface area contributed by atoms with Crippen LogP contribution in [0.4, 0.5) is 0 Å². The molecule has 2 heterocycles. The maximum Gasteiger partial charge on any atom is 0.154 e. The normalized spacial score (nSPS) is 29.6. The third-order valence-electron chi connectivity index (χ3n) is 3.09. The van der Waals surface area contributed by atoms with Crippen LogP contribution >= 0.6 is 11.6 Å². The number of sulfone groups is 1. The van der Waals surface area contributed by atoms with E-state index in [1.807, 2.05) is 18.2 Å². The van der Waals surface area contributed by atoms with E-state index in [0.717, 1.165) is 5.56 Å². The average Bonchev–Trinajstić information content (AvgIpc) is 2.74. The van der Waals surface area contributed by atoms with Gasteiger partial charge < -0.3 is 4.84 Å². The predicted molar refractivity (Wildman–Crippen MR) is 65.0 cm³/mol. The SMILES string of the molecule is O=S1(=O)CC2ON=C(c3ccccc3Cl)C2C1. The van der Waals surface area contributed by atoms with Gasteiger partial charge in [-0.05, 0) is 6.07 Å². The molecular formula is C11H10ClNO3S. The van der Waals surface area contributed by atoms with E-state index < -0.39 is 9.84 Å². The average molecular weight is 272 g/mol. The Labute approximate surface area is 104 Å². The van der Waals surface area contributed by atoms with Crippen LogP contribution in [-0.4, -0.2) is 31.7 Å². The summed E-state index contributed by atoms with van der Waals surface area (Å²) in [5, 5.41) is 4.55. The molecule has 1 aromatic rings. The van der Waals surface area contributed by atoms with Gasteiger partial charge in [-0.3, -0.25) is 0 Å². The molecule has 2 aliphatic heterocycles.